The Bertz CT molecular complexity index is 1280. The van der Waals surface area contributed by atoms with Gasteiger partial charge in [-0.15, -0.1) is 0 Å². The molecule has 3 rings (SSSR count). The van der Waals surface area contributed by atoms with Crippen molar-refractivity contribution in [2.45, 2.75) is 45.8 Å². The molecule has 0 bridgehead atoms. The third-order valence-electron chi connectivity index (χ3n) is 5.53. The fourth-order valence-electron chi connectivity index (χ4n) is 3.60. The van der Waals surface area contributed by atoms with Crippen LogP contribution in [0.1, 0.15) is 49.2 Å². The van der Waals surface area contributed by atoms with Crippen molar-refractivity contribution >= 4 is 23.5 Å². The summed E-state index contributed by atoms with van der Waals surface area (Å²) in [6.07, 6.45) is 2.14. The van der Waals surface area contributed by atoms with Crippen LogP contribution < -0.4 is 14.8 Å². The third-order valence-corrected chi connectivity index (χ3v) is 5.53. The van der Waals surface area contributed by atoms with Crippen molar-refractivity contribution in [1.82, 2.24) is 9.88 Å². The van der Waals surface area contributed by atoms with E-state index in [4.69, 9.17) is 20.0 Å². The number of amidine groups is 1. The molecule has 0 spiro atoms. The molecular weight excluding hydrogens is 481 g/mol. The van der Waals surface area contributed by atoms with Crippen molar-refractivity contribution in [3.8, 4) is 17.2 Å². The molecule has 37 heavy (non-hydrogen) atoms. The molecule has 0 saturated heterocycles. The van der Waals surface area contributed by atoms with Crippen molar-refractivity contribution in [3.63, 3.8) is 0 Å². The van der Waals surface area contributed by atoms with Gasteiger partial charge < -0.3 is 24.5 Å². The van der Waals surface area contributed by atoms with E-state index in [1.165, 1.54) is 37.4 Å². The van der Waals surface area contributed by atoms with Gasteiger partial charge >= 0.3 is 5.97 Å². The molecule has 0 aliphatic heterocycles. The van der Waals surface area contributed by atoms with Gasteiger partial charge in [-0.05, 0) is 81.3 Å². The Morgan fingerprint density at radius 1 is 1.00 bits per heavy atom. The number of benzene rings is 2. The predicted octanol–water partition coefficient (Wildman–Crippen LogP) is 4.76. The first kappa shape index (κ1) is 27.1. The van der Waals surface area contributed by atoms with Gasteiger partial charge in [0.1, 0.15) is 23.1 Å². The van der Waals surface area contributed by atoms with E-state index in [0.717, 1.165) is 0 Å². The zero-order valence-corrected chi connectivity index (χ0v) is 20.7. The highest BCUT2D eigenvalue weighted by molar-refractivity contribution is 6.05. The van der Waals surface area contributed by atoms with E-state index in [1.54, 1.807) is 48.9 Å². The summed E-state index contributed by atoms with van der Waals surface area (Å²) in [4.78, 5) is 36.6. The smallest absolute Gasteiger partial charge is 0.303 e. The second-order valence-corrected chi connectivity index (χ2v) is 8.48. The van der Waals surface area contributed by atoms with Crippen LogP contribution in [0.3, 0.4) is 0 Å². The van der Waals surface area contributed by atoms with Crippen LogP contribution in [0.5, 0.6) is 17.2 Å². The lowest BCUT2D eigenvalue weighted by molar-refractivity contribution is -0.137. The zero-order chi connectivity index (χ0) is 27.1. The van der Waals surface area contributed by atoms with Gasteiger partial charge in [0, 0.05) is 18.8 Å². The van der Waals surface area contributed by atoms with E-state index in [-0.39, 0.29) is 35.8 Å². The van der Waals surface area contributed by atoms with Gasteiger partial charge in [0.15, 0.2) is 11.9 Å². The molecule has 0 saturated carbocycles. The van der Waals surface area contributed by atoms with E-state index in [1.807, 2.05) is 0 Å². The number of Topliss-reactive ketones (excluding diaryl/α,β-unsaturated/α-hetero) is 1. The van der Waals surface area contributed by atoms with Gasteiger partial charge in [0.2, 0.25) is 0 Å². The number of rotatable bonds is 11. The van der Waals surface area contributed by atoms with Gasteiger partial charge in [-0.2, -0.15) is 0 Å². The number of aryl methyl sites for hydroxylation is 1. The summed E-state index contributed by atoms with van der Waals surface area (Å²) in [6, 6.07) is 11.5. The first-order chi connectivity index (χ1) is 17.5. The minimum atomic E-state index is -1.01. The van der Waals surface area contributed by atoms with Crippen LogP contribution in [-0.4, -0.2) is 39.3 Å². The molecule has 194 valence electrons. The van der Waals surface area contributed by atoms with Crippen LogP contribution >= 0.6 is 0 Å². The van der Waals surface area contributed by atoms with Crippen molar-refractivity contribution < 1.29 is 33.4 Å². The number of carbonyl (C=O) groups excluding carboxylic acids is 2. The highest BCUT2D eigenvalue weighted by atomic mass is 19.1. The monoisotopic (exact) mass is 509 g/mol. The number of amides is 1. The molecule has 1 heterocycles. The first-order valence-corrected chi connectivity index (χ1v) is 11.6. The first-order valence-electron chi connectivity index (χ1n) is 11.6. The number of nitrogens with one attached hydrogen (secondary N) is 2. The molecule has 3 aromatic rings. The van der Waals surface area contributed by atoms with Crippen molar-refractivity contribution in [2.24, 2.45) is 0 Å². The number of carboxylic acid groups (broad SMARTS) is 1. The maximum absolute atomic E-state index is 13.1. The number of ketones is 1. The summed E-state index contributed by atoms with van der Waals surface area (Å²) >= 11 is 0. The van der Waals surface area contributed by atoms with Crippen molar-refractivity contribution in [3.05, 3.63) is 77.9 Å². The lowest BCUT2D eigenvalue weighted by Crippen LogP contribution is -2.30. The summed E-state index contributed by atoms with van der Waals surface area (Å²) in [7, 11) is 0. The molecule has 1 amide bonds. The van der Waals surface area contributed by atoms with Crippen molar-refractivity contribution in [1.29, 1.82) is 5.41 Å². The summed E-state index contributed by atoms with van der Waals surface area (Å²) < 4.78 is 26.1. The zero-order valence-electron chi connectivity index (χ0n) is 20.7. The molecule has 3 N–H and O–H groups in total. The van der Waals surface area contributed by atoms with Crippen LogP contribution in [0.15, 0.2) is 60.9 Å². The van der Waals surface area contributed by atoms with Crippen molar-refractivity contribution in [2.75, 3.05) is 0 Å². The van der Waals surface area contributed by atoms with E-state index in [9.17, 15) is 18.8 Å². The van der Waals surface area contributed by atoms with E-state index in [2.05, 4.69) is 5.32 Å². The van der Waals surface area contributed by atoms with E-state index in [0.29, 0.717) is 22.8 Å². The molecule has 2 aromatic carbocycles. The summed E-state index contributed by atoms with van der Waals surface area (Å²) in [6.45, 7) is 4.69. The number of carbonyl (C=O) groups is 3. The Morgan fingerprint density at radius 3 is 2.14 bits per heavy atom. The van der Waals surface area contributed by atoms with Crippen LogP contribution in [0.2, 0.25) is 0 Å². The van der Waals surface area contributed by atoms with Gasteiger partial charge in [-0.25, -0.2) is 4.39 Å². The lowest BCUT2D eigenvalue weighted by Gasteiger charge is -2.19. The standard InChI is InChI=1S/C27H28FN3O6/c1-16(31-14-19(4-13-25(32)33)24(15-31)27(35)30-18(3)29)26(34)17(2)36-21-9-11-23(12-10-21)37-22-7-5-20(28)6-8-22/h5-12,14-17H,4,13H2,1-3H3,(H,32,33)(H2,29,30,35). The fraction of sp³-hybridized carbons (Fsp3) is 0.259. The second kappa shape index (κ2) is 12.0. The van der Waals surface area contributed by atoms with Gasteiger partial charge in [0.25, 0.3) is 5.91 Å². The summed E-state index contributed by atoms with van der Waals surface area (Å²) in [5.74, 6) is -0.800. The number of aromatic nitrogens is 1. The molecule has 0 fully saturated rings. The van der Waals surface area contributed by atoms with Gasteiger partial charge in [0.05, 0.1) is 17.4 Å². The molecular formula is C27H28FN3O6. The topological polar surface area (TPSA) is 131 Å². The molecule has 1 aromatic heterocycles. The third kappa shape index (κ3) is 7.50. The quantitative estimate of drug-likeness (QED) is 0.252. The molecule has 10 heteroatoms. The normalized spacial score (nSPS) is 12.3. The average molecular weight is 510 g/mol. The highest BCUT2D eigenvalue weighted by Gasteiger charge is 2.25. The molecule has 0 aliphatic carbocycles. The Kier molecular flexibility index (Phi) is 8.78. The summed E-state index contributed by atoms with van der Waals surface area (Å²) in [5, 5.41) is 18.9. The molecule has 0 aliphatic rings. The highest BCUT2D eigenvalue weighted by Crippen LogP contribution is 2.25. The Morgan fingerprint density at radius 2 is 1.57 bits per heavy atom. The van der Waals surface area contributed by atoms with Gasteiger partial charge in [-0.1, -0.05) is 0 Å². The second-order valence-electron chi connectivity index (χ2n) is 8.48. The van der Waals surface area contributed by atoms with E-state index < -0.39 is 24.0 Å². The SMILES string of the molecule is CC(=N)NC(=O)c1cn(C(C)C(=O)C(C)Oc2ccc(Oc3ccc(F)cc3)cc2)cc1CCC(=O)O. The molecule has 2 unspecified atom stereocenters. The molecule has 2 atom stereocenters. The molecule has 0 radical (unpaired) electrons. The molecule has 9 nitrogen and oxygen atoms in total. The van der Waals surface area contributed by atoms with Crippen LogP contribution in [0, 0.1) is 11.2 Å². The minimum Gasteiger partial charge on any atom is -0.483 e. The van der Waals surface area contributed by atoms with Crippen LogP contribution in [0.4, 0.5) is 4.39 Å². The maximum Gasteiger partial charge on any atom is 0.303 e. The average Bonchev–Trinajstić information content (AvgIpc) is 3.28. The van der Waals surface area contributed by atoms with E-state index >= 15 is 0 Å². The summed E-state index contributed by atoms with van der Waals surface area (Å²) in [5.41, 5.74) is 0.670. The van der Waals surface area contributed by atoms with Crippen LogP contribution in [-0.2, 0) is 16.0 Å². The Hall–Kier alpha value is -4.47. The Labute approximate surface area is 213 Å². The fourth-order valence-corrected chi connectivity index (χ4v) is 3.60. The minimum absolute atomic E-state index is 0.0536. The number of hydrogen-bond acceptors (Lipinski definition) is 6. The largest absolute Gasteiger partial charge is 0.483 e. The lowest BCUT2D eigenvalue weighted by atomic mass is 10.1. The predicted molar refractivity (Wildman–Crippen MR) is 134 cm³/mol. The number of ether oxygens (including phenoxy) is 2. The van der Waals surface area contributed by atoms with Crippen LogP contribution in [0.25, 0.3) is 0 Å². The van der Waals surface area contributed by atoms with Gasteiger partial charge in [-0.3, -0.25) is 19.8 Å². The number of carboxylic acids is 1. The number of aliphatic carboxylic acids is 1. The number of nitrogens with zero attached hydrogens (tertiary/aromatic N) is 1. The Balaban J connectivity index is 1.68. The number of hydrogen-bond donors (Lipinski definition) is 3. The number of halogens is 1. The maximum atomic E-state index is 13.1.